The number of carbonyl (C=O) groups is 1. The minimum Gasteiger partial charge on any atom is -0.463 e. The van der Waals surface area contributed by atoms with Crippen LogP contribution in [0.25, 0.3) is 23.1 Å². The third kappa shape index (κ3) is 5.30. The number of halogens is 3. The Labute approximate surface area is 262 Å². The lowest BCUT2D eigenvalue weighted by Crippen LogP contribution is -2.40. The van der Waals surface area contributed by atoms with Gasteiger partial charge >= 0.3 is 12.1 Å². The van der Waals surface area contributed by atoms with Crippen molar-refractivity contribution in [2.24, 2.45) is 4.99 Å². The third-order valence-corrected chi connectivity index (χ3v) is 8.44. The third-order valence-electron chi connectivity index (χ3n) is 7.46. The Morgan fingerprint density at radius 2 is 1.78 bits per heavy atom. The summed E-state index contributed by atoms with van der Waals surface area (Å²) in [5, 5.41) is 0. The molecule has 0 saturated carbocycles. The molecule has 0 radical (unpaired) electrons. The van der Waals surface area contributed by atoms with Crippen LogP contribution in [0.15, 0.2) is 105 Å². The van der Waals surface area contributed by atoms with E-state index in [-0.39, 0.29) is 40.6 Å². The van der Waals surface area contributed by atoms with E-state index in [9.17, 15) is 22.8 Å². The Morgan fingerprint density at radius 3 is 2.57 bits per heavy atom. The SMILES string of the molecule is CCOC(=O)C1=C(c2ccccc2)N=c2s/c(=C/c3ccc(-c4cccc(C(F)(F)F)c4)o3)c(=O)n2[C@@H]1c1ccc2c(c1)OCO2. The van der Waals surface area contributed by atoms with E-state index in [0.29, 0.717) is 33.1 Å². The fourth-order valence-corrected chi connectivity index (χ4v) is 6.38. The fourth-order valence-electron chi connectivity index (χ4n) is 5.40. The van der Waals surface area contributed by atoms with Crippen molar-refractivity contribution < 1.29 is 36.6 Å². The van der Waals surface area contributed by atoms with Gasteiger partial charge in [-0.05, 0) is 48.9 Å². The van der Waals surface area contributed by atoms with Gasteiger partial charge in [0.25, 0.3) is 5.56 Å². The van der Waals surface area contributed by atoms with E-state index in [1.807, 2.05) is 30.3 Å². The van der Waals surface area contributed by atoms with Gasteiger partial charge in [-0.15, -0.1) is 0 Å². The van der Waals surface area contributed by atoms with E-state index in [1.54, 1.807) is 37.3 Å². The molecule has 1 atom stereocenters. The summed E-state index contributed by atoms with van der Waals surface area (Å²) in [5.74, 6) is 0.845. The first-order valence-corrected chi connectivity index (χ1v) is 15.0. The minimum atomic E-state index is -4.50. The van der Waals surface area contributed by atoms with E-state index in [4.69, 9.17) is 23.6 Å². The number of carbonyl (C=O) groups excluding carboxylic acids is 1. The summed E-state index contributed by atoms with van der Waals surface area (Å²) in [4.78, 5) is 32.9. The summed E-state index contributed by atoms with van der Waals surface area (Å²) in [5.41, 5.74) is 0.767. The van der Waals surface area contributed by atoms with Crippen LogP contribution in [0.4, 0.5) is 13.2 Å². The summed E-state index contributed by atoms with van der Waals surface area (Å²) < 4.78 is 64.0. The molecule has 0 N–H and O–H groups in total. The molecule has 3 aromatic carbocycles. The summed E-state index contributed by atoms with van der Waals surface area (Å²) in [6.45, 7) is 1.85. The van der Waals surface area contributed by atoms with Crippen LogP contribution in [0.1, 0.15) is 35.4 Å². The topological polar surface area (TPSA) is 92.3 Å². The molecule has 4 heterocycles. The average molecular weight is 645 g/mol. The maximum absolute atomic E-state index is 14.1. The van der Waals surface area contributed by atoms with Gasteiger partial charge in [-0.2, -0.15) is 13.2 Å². The molecule has 0 saturated heterocycles. The predicted octanol–water partition coefficient (Wildman–Crippen LogP) is 5.94. The Bertz CT molecular complexity index is 2200. The second kappa shape index (κ2) is 11.5. The number of aromatic nitrogens is 1. The molecule has 5 aromatic rings. The smallest absolute Gasteiger partial charge is 0.416 e. The largest absolute Gasteiger partial charge is 0.463 e. The number of hydrogen-bond donors (Lipinski definition) is 0. The van der Waals surface area contributed by atoms with Gasteiger partial charge in [0, 0.05) is 17.2 Å². The van der Waals surface area contributed by atoms with Gasteiger partial charge in [-0.1, -0.05) is 59.9 Å². The van der Waals surface area contributed by atoms with E-state index in [2.05, 4.69) is 0 Å². The number of alkyl halides is 3. The van der Waals surface area contributed by atoms with Crippen LogP contribution in [0.2, 0.25) is 0 Å². The van der Waals surface area contributed by atoms with Gasteiger partial charge in [0.15, 0.2) is 16.3 Å². The summed E-state index contributed by atoms with van der Waals surface area (Å²) in [7, 11) is 0. The van der Waals surface area contributed by atoms with E-state index in [0.717, 1.165) is 23.5 Å². The highest BCUT2D eigenvalue weighted by atomic mass is 32.1. The number of benzene rings is 3. The van der Waals surface area contributed by atoms with Crippen LogP contribution in [-0.2, 0) is 15.7 Å². The van der Waals surface area contributed by atoms with Crippen molar-refractivity contribution in [3.63, 3.8) is 0 Å². The highest BCUT2D eigenvalue weighted by Gasteiger charge is 2.36. The Hall–Kier alpha value is -5.36. The molecule has 232 valence electrons. The standard InChI is InChI=1S/C34H23F3N2O6S/c1-2-42-32(41)28-29(19-7-4-3-5-8-19)38-33-39(30(28)21-11-13-25-26(16-21)44-18-43-25)31(40)27(46-33)17-23-12-14-24(45-23)20-9-6-10-22(15-20)34(35,36)37/h3-17,30H,2,18H2,1H3/b27-17+/t30-/m1/s1. The lowest BCUT2D eigenvalue weighted by atomic mass is 9.93. The second-order valence-corrected chi connectivity index (χ2v) is 11.3. The normalized spacial score (nSPS) is 15.9. The van der Waals surface area contributed by atoms with Gasteiger partial charge in [0.2, 0.25) is 6.79 Å². The molecule has 2 aromatic heterocycles. The number of ether oxygens (including phenoxy) is 3. The molecular weight excluding hydrogens is 621 g/mol. The van der Waals surface area contributed by atoms with Crippen LogP contribution in [0.3, 0.4) is 0 Å². The molecule has 8 nitrogen and oxygen atoms in total. The summed E-state index contributed by atoms with van der Waals surface area (Å²) in [6.07, 6.45) is -3.00. The van der Waals surface area contributed by atoms with Crippen molar-refractivity contribution >= 4 is 29.1 Å². The van der Waals surface area contributed by atoms with Gasteiger partial charge in [-0.3, -0.25) is 9.36 Å². The lowest BCUT2D eigenvalue weighted by Gasteiger charge is -2.26. The first-order chi connectivity index (χ1) is 22.2. The number of fused-ring (bicyclic) bond motifs is 2. The molecule has 0 fully saturated rings. The van der Waals surface area contributed by atoms with Crippen LogP contribution >= 0.6 is 11.3 Å². The fraction of sp³-hybridized carbons (Fsp3) is 0.147. The molecule has 46 heavy (non-hydrogen) atoms. The quantitative estimate of drug-likeness (QED) is 0.213. The molecule has 0 bridgehead atoms. The van der Waals surface area contributed by atoms with Crippen molar-refractivity contribution in [1.29, 1.82) is 0 Å². The number of hydrogen-bond acceptors (Lipinski definition) is 8. The second-order valence-electron chi connectivity index (χ2n) is 10.3. The first kappa shape index (κ1) is 29.4. The van der Waals surface area contributed by atoms with Crippen LogP contribution in [0.5, 0.6) is 11.5 Å². The Kier molecular flexibility index (Phi) is 7.36. The monoisotopic (exact) mass is 644 g/mol. The van der Waals surface area contributed by atoms with Crippen molar-refractivity contribution in [1.82, 2.24) is 4.57 Å². The molecular formula is C34H23F3N2O6S. The van der Waals surface area contributed by atoms with Crippen molar-refractivity contribution in [3.05, 3.63) is 133 Å². The zero-order valence-corrected chi connectivity index (χ0v) is 24.9. The molecule has 2 aliphatic heterocycles. The molecule has 0 amide bonds. The van der Waals surface area contributed by atoms with Crippen LogP contribution in [-0.4, -0.2) is 23.9 Å². The zero-order valence-electron chi connectivity index (χ0n) is 24.0. The number of nitrogens with zero attached hydrogens (tertiary/aromatic N) is 2. The highest BCUT2D eigenvalue weighted by molar-refractivity contribution is 7.07. The Balaban J connectivity index is 1.40. The molecule has 0 unspecified atom stereocenters. The molecule has 2 aliphatic rings. The minimum absolute atomic E-state index is 0.0447. The molecule has 0 aliphatic carbocycles. The van der Waals surface area contributed by atoms with Crippen molar-refractivity contribution in [2.45, 2.75) is 19.1 Å². The van der Waals surface area contributed by atoms with Crippen LogP contribution in [0, 0.1) is 0 Å². The van der Waals surface area contributed by atoms with E-state index >= 15 is 0 Å². The number of rotatable bonds is 6. The number of thiazole rings is 1. The highest BCUT2D eigenvalue weighted by Crippen LogP contribution is 2.40. The maximum Gasteiger partial charge on any atom is 0.416 e. The summed E-state index contributed by atoms with van der Waals surface area (Å²) >= 11 is 1.09. The van der Waals surface area contributed by atoms with Gasteiger partial charge in [0.05, 0.1) is 34.0 Å². The first-order valence-electron chi connectivity index (χ1n) is 14.2. The van der Waals surface area contributed by atoms with Gasteiger partial charge < -0.3 is 18.6 Å². The number of furan rings is 1. The number of esters is 1. The summed E-state index contributed by atoms with van der Waals surface area (Å²) in [6, 6.07) is 21.3. The predicted molar refractivity (Wildman–Crippen MR) is 163 cm³/mol. The zero-order chi connectivity index (χ0) is 32.0. The van der Waals surface area contributed by atoms with Crippen molar-refractivity contribution in [2.75, 3.05) is 13.4 Å². The van der Waals surface area contributed by atoms with Gasteiger partial charge in [0.1, 0.15) is 11.5 Å². The van der Waals surface area contributed by atoms with Crippen molar-refractivity contribution in [3.8, 4) is 22.8 Å². The maximum atomic E-state index is 14.1. The van der Waals surface area contributed by atoms with E-state index in [1.165, 1.54) is 22.8 Å². The molecule has 12 heteroatoms. The van der Waals surface area contributed by atoms with E-state index < -0.39 is 29.3 Å². The molecule has 7 rings (SSSR count). The van der Waals surface area contributed by atoms with Gasteiger partial charge in [-0.25, -0.2) is 9.79 Å². The Morgan fingerprint density at radius 1 is 1.00 bits per heavy atom. The average Bonchev–Trinajstić information content (AvgIpc) is 3.80. The molecule has 0 spiro atoms. The van der Waals surface area contributed by atoms with Crippen LogP contribution < -0.4 is 24.4 Å². The lowest BCUT2D eigenvalue weighted by molar-refractivity contribution is -0.139.